The normalized spacial score (nSPS) is 12.2. The smallest absolute Gasteiger partial charge is 0.226 e. The van der Waals surface area contributed by atoms with Gasteiger partial charge in [-0.3, -0.25) is 4.79 Å². The van der Waals surface area contributed by atoms with E-state index in [1.54, 1.807) is 0 Å². The molecule has 1 aromatic carbocycles. The van der Waals surface area contributed by atoms with Gasteiger partial charge in [-0.2, -0.15) is 0 Å². The zero-order chi connectivity index (χ0) is 15.4. The molecule has 0 spiro atoms. The fourth-order valence-corrected chi connectivity index (χ4v) is 1.80. The summed E-state index contributed by atoms with van der Waals surface area (Å²) in [6.07, 6.45) is 0.882. The maximum Gasteiger partial charge on any atom is 0.226 e. The van der Waals surface area contributed by atoms with Crippen molar-refractivity contribution in [1.29, 1.82) is 0 Å². The van der Waals surface area contributed by atoms with Gasteiger partial charge in [0.25, 0.3) is 0 Å². The molecule has 1 N–H and O–H groups in total. The van der Waals surface area contributed by atoms with Crippen LogP contribution in [0.4, 0.5) is 8.78 Å². The van der Waals surface area contributed by atoms with Gasteiger partial charge in [0.1, 0.15) is 11.6 Å². The van der Waals surface area contributed by atoms with Crippen molar-refractivity contribution in [3.63, 3.8) is 0 Å². The van der Waals surface area contributed by atoms with Crippen molar-refractivity contribution in [2.24, 2.45) is 0 Å². The molecule has 0 fully saturated rings. The lowest BCUT2D eigenvalue weighted by atomic mass is 10.1. The summed E-state index contributed by atoms with van der Waals surface area (Å²) in [6, 6.07) is 4.74. The SMILES string of the molecule is CCC(C)NC(=O)Cc1cc(-c2ccc(F)cc2F)on1. The van der Waals surface area contributed by atoms with Crippen molar-refractivity contribution in [2.75, 3.05) is 0 Å². The Kier molecular flexibility index (Phi) is 4.67. The number of carbonyl (C=O) groups excluding carboxylic acids is 1. The van der Waals surface area contributed by atoms with E-state index in [1.807, 2.05) is 13.8 Å². The van der Waals surface area contributed by atoms with E-state index >= 15 is 0 Å². The van der Waals surface area contributed by atoms with E-state index in [2.05, 4.69) is 10.5 Å². The Bertz CT molecular complexity index is 640. The van der Waals surface area contributed by atoms with Gasteiger partial charge in [0.05, 0.1) is 17.7 Å². The van der Waals surface area contributed by atoms with Crippen LogP contribution in [0.15, 0.2) is 28.8 Å². The average Bonchev–Trinajstić information content (AvgIpc) is 2.86. The Labute approximate surface area is 121 Å². The number of nitrogens with zero attached hydrogens (tertiary/aromatic N) is 1. The van der Waals surface area contributed by atoms with E-state index in [0.29, 0.717) is 5.69 Å². The number of halogens is 2. The van der Waals surface area contributed by atoms with Gasteiger partial charge in [0, 0.05) is 18.2 Å². The summed E-state index contributed by atoms with van der Waals surface area (Å²) in [4.78, 5) is 11.7. The summed E-state index contributed by atoms with van der Waals surface area (Å²) < 4.78 is 31.5. The van der Waals surface area contributed by atoms with Gasteiger partial charge < -0.3 is 9.84 Å². The van der Waals surface area contributed by atoms with E-state index in [1.165, 1.54) is 12.1 Å². The van der Waals surface area contributed by atoms with Gasteiger partial charge >= 0.3 is 0 Å². The molecule has 2 rings (SSSR count). The van der Waals surface area contributed by atoms with Crippen LogP contribution in [-0.2, 0) is 11.2 Å². The van der Waals surface area contributed by atoms with Crippen LogP contribution < -0.4 is 5.32 Å². The highest BCUT2D eigenvalue weighted by Gasteiger charge is 2.14. The maximum absolute atomic E-state index is 13.6. The van der Waals surface area contributed by atoms with Crippen LogP contribution in [0.25, 0.3) is 11.3 Å². The van der Waals surface area contributed by atoms with Crippen molar-refractivity contribution in [2.45, 2.75) is 32.7 Å². The number of rotatable bonds is 5. The molecule has 1 unspecified atom stereocenters. The first kappa shape index (κ1) is 15.2. The lowest BCUT2D eigenvalue weighted by Gasteiger charge is -2.09. The highest BCUT2D eigenvalue weighted by atomic mass is 19.1. The fourth-order valence-electron chi connectivity index (χ4n) is 1.80. The molecule has 1 aromatic heterocycles. The molecular formula is C15H16F2N2O2. The molecule has 2 aromatic rings. The lowest BCUT2D eigenvalue weighted by molar-refractivity contribution is -0.121. The molecule has 0 radical (unpaired) electrons. The Morgan fingerprint density at radius 2 is 2.14 bits per heavy atom. The van der Waals surface area contributed by atoms with Crippen LogP contribution in [0, 0.1) is 11.6 Å². The summed E-state index contributed by atoms with van der Waals surface area (Å²) in [6.45, 7) is 3.87. The molecule has 21 heavy (non-hydrogen) atoms. The highest BCUT2D eigenvalue weighted by Crippen LogP contribution is 2.24. The minimum absolute atomic E-state index is 0.0522. The first-order valence-corrected chi connectivity index (χ1v) is 6.70. The Morgan fingerprint density at radius 3 is 2.81 bits per heavy atom. The van der Waals surface area contributed by atoms with Crippen LogP contribution >= 0.6 is 0 Å². The summed E-state index contributed by atoms with van der Waals surface area (Å²) in [5.74, 6) is -1.41. The third-order valence-electron chi connectivity index (χ3n) is 3.12. The molecule has 0 aliphatic heterocycles. The van der Waals surface area contributed by atoms with E-state index in [9.17, 15) is 13.6 Å². The molecule has 0 saturated carbocycles. The zero-order valence-corrected chi connectivity index (χ0v) is 11.8. The molecule has 6 heteroatoms. The van der Waals surface area contributed by atoms with E-state index in [-0.39, 0.29) is 29.7 Å². The van der Waals surface area contributed by atoms with Gasteiger partial charge in [-0.05, 0) is 25.5 Å². The number of nitrogens with one attached hydrogen (secondary N) is 1. The van der Waals surface area contributed by atoms with Crippen molar-refractivity contribution in [1.82, 2.24) is 10.5 Å². The van der Waals surface area contributed by atoms with Gasteiger partial charge in [0.15, 0.2) is 5.76 Å². The predicted molar refractivity (Wildman–Crippen MR) is 73.5 cm³/mol. The summed E-state index contributed by atoms with van der Waals surface area (Å²) in [5.41, 5.74) is 0.506. The predicted octanol–water partition coefficient (Wildman–Crippen LogP) is 3.08. The van der Waals surface area contributed by atoms with Gasteiger partial charge in [0.2, 0.25) is 5.91 Å². The molecule has 0 aliphatic carbocycles. The standard InChI is InChI=1S/C15H16F2N2O2/c1-3-9(2)18-15(20)8-11-7-14(21-19-11)12-5-4-10(16)6-13(12)17/h4-7,9H,3,8H2,1-2H3,(H,18,20). The second-order valence-corrected chi connectivity index (χ2v) is 4.86. The molecule has 1 atom stereocenters. The van der Waals surface area contributed by atoms with Crippen LogP contribution in [0.5, 0.6) is 0 Å². The fraction of sp³-hybridized carbons (Fsp3) is 0.333. The lowest BCUT2D eigenvalue weighted by Crippen LogP contribution is -2.33. The summed E-state index contributed by atoms with van der Waals surface area (Å²) in [7, 11) is 0. The number of amides is 1. The van der Waals surface area contributed by atoms with E-state index in [0.717, 1.165) is 18.6 Å². The highest BCUT2D eigenvalue weighted by molar-refractivity contribution is 5.78. The molecule has 0 saturated heterocycles. The Balaban J connectivity index is 2.09. The van der Waals surface area contributed by atoms with Crippen molar-refractivity contribution < 1.29 is 18.1 Å². The van der Waals surface area contributed by atoms with Gasteiger partial charge in [-0.15, -0.1) is 0 Å². The number of benzene rings is 1. The van der Waals surface area contributed by atoms with Crippen LogP contribution in [0.3, 0.4) is 0 Å². The number of hydrogen-bond donors (Lipinski definition) is 1. The molecule has 0 bridgehead atoms. The first-order chi connectivity index (χ1) is 9.99. The minimum Gasteiger partial charge on any atom is -0.356 e. The summed E-state index contributed by atoms with van der Waals surface area (Å²) in [5, 5.41) is 6.53. The number of carbonyl (C=O) groups is 1. The molecule has 1 heterocycles. The Morgan fingerprint density at radius 1 is 1.38 bits per heavy atom. The molecule has 4 nitrogen and oxygen atoms in total. The molecule has 112 valence electrons. The first-order valence-electron chi connectivity index (χ1n) is 6.70. The second kappa shape index (κ2) is 6.47. The minimum atomic E-state index is -0.734. The van der Waals surface area contributed by atoms with Crippen LogP contribution in [-0.4, -0.2) is 17.1 Å². The Hall–Kier alpha value is -2.24. The quantitative estimate of drug-likeness (QED) is 0.922. The largest absolute Gasteiger partial charge is 0.356 e. The van der Waals surface area contributed by atoms with Crippen molar-refractivity contribution in [3.8, 4) is 11.3 Å². The topological polar surface area (TPSA) is 55.1 Å². The van der Waals surface area contributed by atoms with Crippen molar-refractivity contribution in [3.05, 3.63) is 41.6 Å². The average molecular weight is 294 g/mol. The van der Waals surface area contributed by atoms with E-state index in [4.69, 9.17) is 4.52 Å². The van der Waals surface area contributed by atoms with Gasteiger partial charge in [-0.25, -0.2) is 8.78 Å². The molecule has 1 amide bonds. The number of aromatic nitrogens is 1. The van der Waals surface area contributed by atoms with E-state index < -0.39 is 11.6 Å². The maximum atomic E-state index is 13.6. The number of hydrogen-bond acceptors (Lipinski definition) is 3. The zero-order valence-electron chi connectivity index (χ0n) is 11.8. The molecule has 0 aliphatic rings. The summed E-state index contributed by atoms with van der Waals surface area (Å²) >= 11 is 0. The van der Waals surface area contributed by atoms with Crippen LogP contribution in [0.1, 0.15) is 26.0 Å². The molecular weight excluding hydrogens is 278 g/mol. The van der Waals surface area contributed by atoms with Crippen molar-refractivity contribution >= 4 is 5.91 Å². The third-order valence-corrected chi connectivity index (χ3v) is 3.12. The van der Waals surface area contributed by atoms with Gasteiger partial charge in [-0.1, -0.05) is 12.1 Å². The third kappa shape index (κ3) is 3.87. The van der Waals surface area contributed by atoms with Crippen LogP contribution in [0.2, 0.25) is 0 Å². The second-order valence-electron chi connectivity index (χ2n) is 4.86. The monoisotopic (exact) mass is 294 g/mol.